The minimum absolute atomic E-state index is 0.0245. The van der Waals surface area contributed by atoms with Gasteiger partial charge in [0.2, 0.25) is 5.88 Å². The summed E-state index contributed by atoms with van der Waals surface area (Å²) in [5, 5.41) is 2.51. The molecule has 1 aromatic heterocycles. The van der Waals surface area contributed by atoms with Crippen molar-refractivity contribution in [1.29, 1.82) is 0 Å². The molecule has 0 aliphatic carbocycles. The molecule has 1 atom stereocenters. The molecular formula is C16H23N3O6. The lowest BCUT2D eigenvalue weighted by molar-refractivity contribution is -0.146. The summed E-state index contributed by atoms with van der Waals surface area (Å²) < 4.78 is 14.7. The molecule has 3 N–H and O–H groups in total. The second kappa shape index (κ2) is 10.1. The summed E-state index contributed by atoms with van der Waals surface area (Å²) in [6.07, 6.45) is 0.0194. The molecule has 9 heteroatoms. The Labute approximate surface area is 145 Å². The number of nitrogens with two attached hydrogens (primary N) is 1. The zero-order chi connectivity index (χ0) is 18.8. The topological polar surface area (TPSA) is 130 Å². The first-order valence-corrected chi connectivity index (χ1v) is 7.86. The summed E-state index contributed by atoms with van der Waals surface area (Å²) in [5.41, 5.74) is 5.96. The fourth-order valence-corrected chi connectivity index (χ4v) is 1.96. The van der Waals surface area contributed by atoms with Crippen LogP contribution in [0.5, 0.6) is 5.88 Å². The van der Waals surface area contributed by atoms with E-state index in [1.165, 1.54) is 19.2 Å². The van der Waals surface area contributed by atoms with Gasteiger partial charge in [0.25, 0.3) is 5.91 Å². The summed E-state index contributed by atoms with van der Waals surface area (Å²) in [6, 6.07) is 1.88. The van der Waals surface area contributed by atoms with Gasteiger partial charge in [-0.2, -0.15) is 0 Å². The van der Waals surface area contributed by atoms with E-state index in [2.05, 4.69) is 10.3 Å². The average molecular weight is 353 g/mol. The summed E-state index contributed by atoms with van der Waals surface area (Å²) >= 11 is 0. The predicted octanol–water partition coefficient (Wildman–Crippen LogP) is 0.677. The maximum absolute atomic E-state index is 12.3. The van der Waals surface area contributed by atoms with Crippen molar-refractivity contribution >= 4 is 23.5 Å². The molecule has 0 radical (unpaired) electrons. The Bertz CT molecular complexity index is 620. The number of carbonyl (C=O) groups excluding carboxylic acids is 3. The Morgan fingerprint density at radius 1 is 1.20 bits per heavy atom. The average Bonchev–Trinajstić information content (AvgIpc) is 2.59. The van der Waals surface area contributed by atoms with Crippen LogP contribution in [0.4, 0.5) is 5.69 Å². The van der Waals surface area contributed by atoms with Crippen LogP contribution >= 0.6 is 0 Å². The van der Waals surface area contributed by atoms with Gasteiger partial charge in [-0.15, -0.1) is 0 Å². The first-order valence-electron chi connectivity index (χ1n) is 7.86. The highest BCUT2D eigenvalue weighted by atomic mass is 16.5. The Morgan fingerprint density at radius 3 is 2.48 bits per heavy atom. The fraction of sp³-hybridized carbons (Fsp3) is 0.500. The molecule has 0 aliphatic rings. The SMILES string of the molecule is CCOC(=O)CC[C@H](NC(=O)c1ccc(N)c(OC)n1)C(=O)OCC. The third kappa shape index (κ3) is 6.28. The van der Waals surface area contributed by atoms with Crippen molar-refractivity contribution in [1.82, 2.24) is 10.3 Å². The standard InChI is InChI=1S/C16H23N3O6/c1-4-24-13(20)9-8-12(16(22)25-5-2)18-14(21)11-7-6-10(17)15(19-11)23-3/h6-7,12H,4-5,8-9,17H2,1-3H3,(H,18,21)/t12-/m0/s1. The summed E-state index contributed by atoms with van der Waals surface area (Å²) in [4.78, 5) is 39.8. The smallest absolute Gasteiger partial charge is 0.328 e. The lowest BCUT2D eigenvalue weighted by atomic mass is 10.1. The highest BCUT2D eigenvalue weighted by Crippen LogP contribution is 2.17. The number of nitrogen functional groups attached to an aromatic ring is 1. The van der Waals surface area contributed by atoms with Gasteiger partial charge in [0.05, 0.1) is 26.0 Å². The van der Waals surface area contributed by atoms with E-state index in [1.54, 1.807) is 13.8 Å². The second-order valence-corrected chi connectivity index (χ2v) is 4.92. The first-order chi connectivity index (χ1) is 11.9. The van der Waals surface area contributed by atoms with Gasteiger partial charge in [0, 0.05) is 6.42 Å². The summed E-state index contributed by atoms with van der Waals surface area (Å²) in [5.74, 6) is -1.60. The lowest BCUT2D eigenvalue weighted by Crippen LogP contribution is -2.42. The van der Waals surface area contributed by atoms with Crippen LogP contribution in [0.25, 0.3) is 0 Å². The number of ether oxygens (including phenoxy) is 3. The van der Waals surface area contributed by atoms with Crippen molar-refractivity contribution in [2.45, 2.75) is 32.7 Å². The van der Waals surface area contributed by atoms with Crippen LogP contribution in [0.2, 0.25) is 0 Å². The van der Waals surface area contributed by atoms with Crippen LogP contribution in [0, 0.1) is 0 Å². The highest BCUT2D eigenvalue weighted by Gasteiger charge is 2.24. The minimum atomic E-state index is -0.998. The molecule has 1 aromatic rings. The van der Waals surface area contributed by atoms with Crippen LogP contribution in [-0.4, -0.2) is 49.2 Å². The van der Waals surface area contributed by atoms with Crippen LogP contribution in [0.3, 0.4) is 0 Å². The van der Waals surface area contributed by atoms with Gasteiger partial charge in [-0.3, -0.25) is 9.59 Å². The maximum atomic E-state index is 12.3. The van der Waals surface area contributed by atoms with E-state index in [1.807, 2.05) is 0 Å². The van der Waals surface area contributed by atoms with Crippen molar-refractivity contribution in [3.8, 4) is 5.88 Å². The normalized spacial score (nSPS) is 11.3. The molecule has 0 fully saturated rings. The third-order valence-corrected chi connectivity index (χ3v) is 3.13. The van der Waals surface area contributed by atoms with E-state index in [9.17, 15) is 14.4 Å². The molecule has 138 valence electrons. The number of methoxy groups -OCH3 is 1. The van der Waals surface area contributed by atoms with Crippen LogP contribution < -0.4 is 15.8 Å². The molecule has 0 saturated heterocycles. The van der Waals surface area contributed by atoms with Gasteiger partial charge in [0.1, 0.15) is 11.7 Å². The van der Waals surface area contributed by atoms with E-state index in [0.29, 0.717) is 0 Å². The molecule has 1 heterocycles. The number of anilines is 1. The zero-order valence-electron chi connectivity index (χ0n) is 14.5. The first kappa shape index (κ1) is 20.2. The van der Waals surface area contributed by atoms with Crippen LogP contribution in [0.1, 0.15) is 37.2 Å². The molecule has 0 spiro atoms. The predicted molar refractivity (Wildman–Crippen MR) is 89.0 cm³/mol. The van der Waals surface area contributed by atoms with Gasteiger partial charge < -0.3 is 25.3 Å². The van der Waals surface area contributed by atoms with Crippen molar-refractivity contribution in [2.75, 3.05) is 26.1 Å². The summed E-state index contributed by atoms with van der Waals surface area (Å²) in [6.45, 7) is 3.72. The molecule has 9 nitrogen and oxygen atoms in total. The van der Waals surface area contributed by atoms with Crippen molar-refractivity contribution in [3.63, 3.8) is 0 Å². The number of carbonyl (C=O) groups is 3. The van der Waals surface area contributed by atoms with Gasteiger partial charge in [0.15, 0.2) is 0 Å². The Kier molecular flexibility index (Phi) is 8.17. The van der Waals surface area contributed by atoms with E-state index in [-0.39, 0.29) is 43.3 Å². The number of hydrogen-bond donors (Lipinski definition) is 2. The highest BCUT2D eigenvalue weighted by molar-refractivity contribution is 5.95. The number of nitrogens with one attached hydrogen (secondary N) is 1. The Hall–Kier alpha value is -2.84. The Morgan fingerprint density at radius 2 is 1.88 bits per heavy atom. The number of nitrogens with zero attached hydrogens (tertiary/aromatic N) is 1. The van der Waals surface area contributed by atoms with Gasteiger partial charge in [-0.25, -0.2) is 9.78 Å². The molecule has 0 bridgehead atoms. The molecule has 0 aliphatic heterocycles. The van der Waals surface area contributed by atoms with Gasteiger partial charge >= 0.3 is 11.9 Å². The molecule has 25 heavy (non-hydrogen) atoms. The van der Waals surface area contributed by atoms with E-state index >= 15 is 0 Å². The number of hydrogen-bond acceptors (Lipinski definition) is 8. The summed E-state index contributed by atoms with van der Waals surface area (Å²) in [7, 11) is 1.38. The zero-order valence-corrected chi connectivity index (χ0v) is 14.5. The number of rotatable bonds is 9. The van der Waals surface area contributed by atoms with Crippen LogP contribution in [-0.2, 0) is 19.1 Å². The van der Waals surface area contributed by atoms with E-state index < -0.39 is 23.9 Å². The minimum Gasteiger partial charge on any atom is -0.480 e. The van der Waals surface area contributed by atoms with E-state index in [0.717, 1.165) is 0 Å². The number of amides is 1. The molecule has 0 saturated carbocycles. The molecule has 0 aromatic carbocycles. The van der Waals surface area contributed by atoms with Crippen molar-refractivity contribution in [2.24, 2.45) is 0 Å². The Balaban J connectivity index is 2.83. The molecule has 0 unspecified atom stereocenters. The molecular weight excluding hydrogens is 330 g/mol. The van der Waals surface area contributed by atoms with Gasteiger partial charge in [-0.1, -0.05) is 0 Å². The fourth-order valence-electron chi connectivity index (χ4n) is 1.96. The van der Waals surface area contributed by atoms with Gasteiger partial charge in [-0.05, 0) is 32.4 Å². The number of pyridine rings is 1. The second-order valence-electron chi connectivity index (χ2n) is 4.92. The number of aromatic nitrogens is 1. The molecule has 1 amide bonds. The van der Waals surface area contributed by atoms with E-state index in [4.69, 9.17) is 19.9 Å². The third-order valence-electron chi connectivity index (χ3n) is 3.13. The van der Waals surface area contributed by atoms with Crippen LogP contribution in [0.15, 0.2) is 12.1 Å². The maximum Gasteiger partial charge on any atom is 0.328 e. The largest absolute Gasteiger partial charge is 0.480 e. The quantitative estimate of drug-likeness (QED) is 0.620. The number of esters is 2. The molecule has 1 rings (SSSR count). The lowest BCUT2D eigenvalue weighted by Gasteiger charge is -2.17. The van der Waals surface area contributed by atoms with Crippen molar-refractivity contribution in [3.05, 3.63) is 17.8 Å². The van der Waals surface area contributed by atoms with Crippen molar-refractivity contribution < 1.29 is 28.6 Å². The monoisotopic (exact) mass is 353 g/mol.